The third kappa shape index (κ3) is 2.71. The zero-order chi connectivity index (χ0) is 13.1. The lowest BCUT2D eigenvalue weighted by Crippen LogP contribution is -2.46. The minimum atomic E-state index is -0.793. The largest absolute Gasteiger partial charge is 0.481 e. The number of piperidine rings is 1. The molecule has 18 heavy (non-hydrogen) atoms. The molecular weight excluding hydrogens is 234 g/mol. The molecule has 0 aromatic carbocycles. The van der Waals surface area contributed by atoms with E-state index in [1.54, 1.807) is 0 Å². The van der Waals surface area contributed by atoms with E-state index < -0.39 is 5.97 Å². The number of carbonyl (C=O) groups excluding carboxylic acids is 2. The smallest absolute Gasteiger partial charge is 0.303 e. The van der Waals surface area contributed by atoms with E-state index in [-0.39, 0.29) is 30.1 Å². The summed E-state index contributed by atoms with van der Waals surface area (Å²) in [6.45, 7) is 0.463. The number of carboxylic acid groups (broad SMARTS) is 1. The molecule has 1 saturated heterocycles. The Bertz CT molecular complexity index is 344. The van der Waals surface area contributed by atoms with Gasteiger partial charge in [0.1, 0.15) is 0 Å². The van der Waals surface area contributed by atoms with Crippen LogP contribution in [0.2, 0.25) is 0 Å². The van der Waals surface area contributed by atoms with Crippen LogP contribution in [0.5, 0.6) is 0 Å². The number of hydrogen-bond donors (Lipinski definition) is 1. The average Bonchev–Trinajstić information content (AvgIpc) is 2.77. The van der Waals surface area contributed by atoms with Crippen molar-refractivity contribution in [1.29, 1.82) is 0 Å². The summed E-state index contributed by atoms with van der Waals surface area (Å²) < 4.78 is 0. The number of rotatable bonds is 6. The number of amides is 2. The first kappa shape index (κ1) is 13.1. The molecule has 2 bridgehead atoms. The zero-order valence-electron chi connectivity index (χ0n) is 10.4. The van der Waals surface area contributed by atoms with Crippen molar-refractivity contribution in [2.45, 2.75) is 44.9 Å². The molecular formula is C13H19NO4. The Kier molecular flexibility index (Phi) is 3.99. The van der Waals surface area contributed by atoms with Crippen LogP contribution in [0, 0.1) is 11.8 Å². The standard InChI is InChI=1S/C13H19NO4/c15-11(16)4-2-1-3-7-14-12(17)9-5-6-10(8-9)13(14)18/h9-10H,1-8H2,(H,15,16). The van der Waals surface area contributed by atoms with E-state index in [9.17, 15) is 14.4 Å². The van der Waals surface area contributed by atoms with Gasteiger partial charge in [0.15, 0.2) is 0 Å². The Morgan fingerprint density at radius 3 is 2.28 bits per heavy atom. The van der Waals surface area contributed by atoms with Crippen LogP contribution in [0.4, 0.5) is 0 Å². The molecule has 1 heterocycles. The summed E-state index contributed by atoms with van der Waals surface area (Å²) >= 11 is 0. The topological polar surface area (TPSA) is 74.7 Å². The number of fused-ring (bicyclic) bond motifs is 2. The summed E-state index contributed by atoms with van der Waals surface area (Å²) in [6, 6.07) is 0. The first-order valence-electron chi connectivity index (χ1n) is 6.66. The Morgan fingerprint density at radius 1 is 1.11 bits per heavy atom. The van der Waals surface area contributed by atoms with Crippen molar-refractivity contribution >= 4 is 17.8 Å². The van der Waals surface area contributed by atoms with Gasteiger partial charge in [-0.1, -0.05) is 6.42 Å². The van der Waals surface area contributed by atoms with E-state index in [1.165, 1.54) is 4.90 Å². The molecule has 100 valence electrons. The number of hydrogen-bond acceptors (Lipinski definition) is 3. The van der Waals surface area contributed by atoms with E-state index in [0.29, 0.717) is 19.4 Å². The quantitative estimate of drug-likeness (QED) is 0.573. The van der Waals surface area contributed by atoms with E-state index in [0.717, 1.165) is 25.7 Å². The van der Waals surface area contributed by atoms with Gasteiger partial charge >= 0.3 is 5.97 Å². The maximum Gasteiger partial charge on any atom is 0.303 e. The van der Waals surface area contributed by atoms with E-state index in [4.69, 9.17) is 5.11 Å². The molecule has 1 saturated carbocycles. The van der Waals surface area contributed by atoms with Gasteiger partial charge in [-0.25, -0.2) is 0 Å². The van der Waals surface area contributed by atoms with Crippen LogP contribution in [0.1, 0.15) is 44.9 Å². The zero-order valence-corrected chi connectivity index (χ0v) is 10.4. The normalized spacial score (nSPS) is 26.8. The third-order valence-corrected chi connectivity index (χ3v) is 3.94. The number of likely N-dealkylation sites (tertiary alicyclic amines) is 1. The fraction of sp³-hybridized carbons (Fsp3) is 0.769. The minimum Gasteiger partial charge on any atom is -0.481 e. The summed E-state index contributed by atoms with van der Waals surface area (Å²) in [6.07, 6.45) is 4.68. The van der Waals surface area contributed by atoms with Gasteiger partial charge in [-0.05, 0) is 32.1 Å². The second kappa shape index (κ2) is 5.50. The van der Waals surface area contributed by atoms with Gasteiger partial charge in [0, 0.05) is 24.8 Å². The minimum absolute atomic E-state index is 0.00742. The summed E-state index contributed by atoms with van der Waals surface area (Å²) in [7, 11) is 0. The second-order valence-corrected chi connectivity index (χ2v) is 5.24. The van der Waals surface area contributed by atoms with Crippen LogP contribution in [0.25, 0.3) is 0 Å². The van der Waals surface area contributed by atoms with Crippen LogP contribution in [0.3, 0.4) is 0 Å². The van der Waals surface area contributed by atoms with Gasteiger partial charge in [-0.3, -0.25) is 19.3 Å². The number of aliphatic carboxylic acids is 1. The van der Waals surface area contributed by atoms with Crippen molar-refractivity contribution in [1.82, 2.24) is 4.90 Å². The fourth-order valence-corrected chi connectivity index (χ4v) is 2.92. The summed E-state index contributed by atoms with van der Waals surface area (Å²) in [5.74, 6) is -0.685. The molecule has 1 aliphatic heterocycles. The first-order chi connectivity index (χ1) is 8.59. The fourth-order valence-electron chi connectivity index (χ4n) is 2.92. The first-order valence-corrected chi connectivity index (χ1v) is 6.66. The number of unbranched alkanes of at least 4 members (excludes halogenated alkanes) is 2. The SMILES string of the molecule is O=C(O)CCCCCN1C(=O)C2CCC(C2)C1=O. The van der Waals surface area contributed by atoms with Crippen molar-refractivity contribution < 1.29 is 19.5 Å². The predicted molar refractivity (Wildman–Crippen MR) is 63.7 cm³/mol. The van der Waals surface area contributed by atoms with Gasteiger partial charge in [0.05, 0.1) is 0 Å². The molecule has 1 N–H and O–H groups in total. The predicted octanol–water partition coefficient (Wildman–Crippen LogP) is 1.42. The Balaban J connectivity index is 1.76. The molecule has 5 nitrogen and oxygen atoms in total. The van der Waals surface area contributed by atoms with Crippen molar-refractivity contribution in [3.63, 3.8) is 0 Å². The molecule has 1 aliphatic carbocycles. The number of imide groups is 1. The average molecular weight is 253 g/mol. The summed E-state index contributed by atoms with van der Waals surface area (Å²) in [5, 5.41) is 8.50. The van der Waals surface area contributed by atoms with Gasteiger partial charge < -0.3 is 5.11 Å². The van der Waals surface area contributed by atoms with E-state index in [1.807, 2.05) is 0 Å². The molecule has 0 aromatic rings. The van der Waals surface area contributed by atoms with Gasteiger partial charge in [-0.15, -0.1) is 0 Å². The van der Waals surface area contributed by atoms with Crippen LogP contribution >= 0.6 is 0 Å². The van der Waals surface area contributed by atoms with Crippen molar-refractivity contribution in [2.75, 3.05) is 6.54 Å². The van der Waals surface area contributed by atoms with Crippen LogP contribution < -0.4 is 0 Å². The molecule has 2 fully saturated rings. The number of carboxylic acids is 1. The van der Waals surface area contributed by atoms with Crippen molar-refractivity contribution in [2.24, 2.45) is 11.8 Å². The second-order valence-electron chi connectivity index (χ2n) is 5.24. The maximum atomic E-state index is 12.0. The summed E-state index contributed by atoms with van der Waals surface area (Å²) in [4.78, 5) is 35.7. The van der Waals surface area contributed by atoms with Crippen molar-refractivity contribution in [3.05, 3.63) is 0 Å². The molecule has 2 atom stereocenters. The maximum absolute atomic E-state index is 12.0. The third-order valence-electron chi connectivity index (χ3n) is 3.94. The van der Waals surface area contributed by atoms with Gasteiger partial charge in [0.25, 0.3) is 0 Å². The monoisotopic (exact) mass is 253 g/mol. The Hall–Kier alpha value is -1.39. The van der Waals surface area contributed by atoms with Crippen LogP contribution in [0.15, 0.2) is 0 Å². The molecule has 2 rings (SSSR count). The Morgan fingerprint density at radius 2 is 1.72 bits per heavy atom. The Labute approximate surface area is 106 Å². The highest BCUT2D eigenvalue weighted by molar-refractivity contribution is 6.00. The highest BCUT2D eigenvalue weighted by Gasteiger charge is 2.44. The molecule has 0 spiro atoms. The molecule has 2 unspecified atom stereocenters. The lowest BCUT2D eigenvalue weighted by molar-refractivity contribution is -0.153. The molecule has 0 radical (unpaired) electrons. The number of carbonyl (C=O) groups is 3. The highest BCUT2D eigenvalue weighted by Crippen LogP contribution is 2.38. The lowest BCUT2D eigenvalue weighted by atomic mass is 9.97. The van der Waals surface area contributed by atoms with Crippen molar-refractivity contribution in [3.8, 4) is 0 Å². The van der Waals surface area contributed by atoms with E-state index in [2.05, 4.69) is 0 Å². The molecule has 2 amide bonds. The molecule has 5 heteroatoms. The van der Waals surface area contributed by atoms with E-state index >= 15 is 0 Å². The van der Waals surface area contributed by atoms with Gasteiger partial charge in [-0.2, -0.15) is 0 Å². The van der Waals surface area contributed by atoms with Crippen LogP contribution in [-0.2, 0) is 14.4 Å². The highest BCUT2D eigenvalue weighted by atomic mass is 16.4. The van der Waals surface area contributed by atoms with Gasteiger partial charge in [0.2, 0.25) is 11.8 Å². The molecule has 2 aliphatic rings. The molecule has 0 aromatic heterocycles. The lowest BCUT2D eigenvalue weighted by Gasteiger charge is -2.29. The number of nitrogens with zero attached hydrogens (tertiary/aromatic N) is 1. The van der Waals surface area contributed by atoms with Crippen LogP contribution in [-0.4, -0.2) is 34.3 Å². The summed E-state index contributed by atoms with van der Waals surface area (Å²) in [5.41, 5.74) is 0.